The molecule has 2 saturated carbocycles. The van der Waals surface area contributed by atoms with Crippen LogP contribution in [-0.2, 0) is 19.1 Å². The summed E-state index contributed by atoms with van der Waals surface area (Å²) in [7, 11) is 0. The number of nitrogens with zero attached hydrogens (tertiary/aromatic N) is 9. The SMILES string of the molecule is Cc1nn(C2CCC(=O)NC2=O)c2cccc(C#CCOC3CCC(N4CC5(CCC(n6cc(NC(=O)c7cnn8ccc(N9C[C@H]%10C[C@@H]9CO%10)nc78)c(C(F)F)n6)CC5)C4)CC3)c12. The Hall–Kier alpha value is -5.77. The van der Waals surface area contributed by atoms with Gasteiger partial charge in [0.25, 0.3) is 18.2 Å². The summed E-state index contributed by atoms with van der Waals surface area (Å²) >= 11 is 0. The summed E-state index contributed by atoms with van der Waals surface area (Å²) < 4.78 is 45.5. The van der Waals surface area contributed by atoms with Crippen LogP contribution in [0.15, 0.2) is 42.9 Å². The summed E-state index contributed by atoms with van der Waals surface area (Å²) in [4.78, 5) is 47.4. The second kappa shape index (κ2) is 16.3. The van der Waals surface area contributed by atoms with E-state index in [4.69, 9.17) is 14.5 Å². The normalized spacial score (nSPS) is 25.9. The number of ether oxygens (including phenoxy) is 2. The maximum absolute atomic E-state index is 14.3. The molecule has 16 nitrogen and oxygen atoms in total. The van der Waals surface area contributed by atoms with Crippen LogP contribution in [-0.4, -0.2) is 114 Å². The quantitative estimate of drug-likeness (QED) is 0.141. The second-order valence-electron chi connectivity index (χ2n) is 18.6. The van der Waals surface area contributed by atoms with Gasteiger partial charge in [0.1, 0.15) is 24.0 Å². The van der Waals surface area contributed by atoms with Gasteiger partial charge in [0.15, 0.2) is 11.3 Å². The van der Waals surface area contributed by atoms with Crippen molar-refractivity contribution in [2.24, 2.45) is 5.41 Å². The Morgan fingerprint density at radius 1 is 1.05 bits per heavy atom. The number of piperidine rings is 1. The second-order valence-corrected chi connectivity index (χ2v) is 18.6. The topological polar surface area (TPSA) is 166 Å². The zero-order valence-electron chi connectivity index (χ0n) is 35.7. The number of alkyl halides is 2. The number of nitrogens with one attached hydrogen (secondary N) is 2. The number of morpholine rings is 1. The fourth-order valence-corrected chi connectivity index (χ4v) is 11.3. The first-order chi connectivity index (χ1) is 31.1. The number of amides is 3. The number of aromatic nitrogens is 7. The van der Waals surface area contributed by atoms with E-state index in [1.54, 1.807) is 21.8 Å². The molecule has 4 aliphatic heterocycles. The first kappa shape index (κ1) is 41.0. The maximum atomic E-state index is 14.3. The Kier molecular flexibility index (Phi) is 10.5. The molecule has 0 radical (unpaired) electrons. The predicted octanol–water partition coefficient (Wildman–Crippen LogP) is 5.53. The van der Waals surface area contributed by atoms with Crippen LogP contribution in [0.4, 0.5) is 20.3 Å². The molecule has 64 heavy (non-hydrogen) atoms. The molecule has 6 aliphatic rings. The van der Waals surface area contributed by atoms with Gasteiger partial charge in [0.05, 0.1) is 54.0 Å². The summed E-state index contributed by atoms with van der Waals surface area (Å²) in [6.07, 6.45) is 11.7. The Morgan fingerprint density at radius 3 is 2.62 bits per heavy atom. The lowest BCUT2D eigenvalue weighted by atomic mass is 9.66. The van der Waals surface area contributed by atoms with Gasteiger partial charge in [-0.25, -0.2) is 18.3 Å². The molecule has 6 fully saturated rings. The highest BCUT2D eigenvalue weighted by atomic mass is 19.3. The fraction of sp³-hybridized carbons (Fsp3) is 0.543. The highest BCUT2D eigenvalue weighted by molar-refractivity contribution is 6.08. The number of benzene rings is 1. The number of hydrogen-bond donors (Lipinski definition) is 2. The molecule has 4 aromatic heterocycles. The lowest BCUT2D eigenvalue weighted by Crippen LogP contribution is -2.61. The molecule has 1 unspecified atom stereocenters. The summed E-state index contributed by atoms with van der Waals surface area (Å²) in [5.41, 5.74) is 2.84. The van der Waals surface area contributed by atoms with E-state index in [1.165, 1.54) is 10.7 Å². The van der Waals surface area contributed by atoms with E-state index in [1.807, 2.05) is 31.2 Å². The van der Waals surface area contributed by atoms with Crippen molar-refractivity contribution in [2.75, 3.05) is 43.1 Å². The number of anilines is 2. The third kappa shape index (κ3) is 7.50. The Balaban J connectivity index is 0.653. The number of aryl methyl sites for hydroxylation is 1. The van der Waals surface area contributed by atoms with E-state index in [0.29, 0.717) is 31.3 Å². The van der Waals surface area contributed by atoms with Crippen LogP contribution in [0.1, 0.15) is 116 Å². The van der Waals surface area contributed by atoms with Gasteiger partial charge in [-0.15, -0.1) is 0 Å². The van der Waals surface area contributed by atoms with Crippen LogP contribution in [0.5, 0.6) is 0 Å². The van der Waals surface area contributed by atoms with Gasteiger partial charge in [0.2, 0.25) is 5.91 Å². The van der Waals surface area contributed by atoms with Gasteiger partial charge >= 0.3 is 0 Å². The molecule has 18 heteroatoms. The molecule has 8 heterocycles. The van der Waals surface area contributed by atoms with Gasteiger partial charge in [0, 0.05) is 55.4 Å². The number of hydrogen-bond acceptors (Lipinski definition) is 11. The van der Waals surface area contributed by atoms with Gasteiger partial charge in [-0.1, -0.05) is 17.9 Å². The number of halogens is 2. The summed E-state index contributed by atoms with van der Waals surface area (Å²) in [6, 6.07) is 7.91. The minimum atomic E-state index is -2.85. The number of likely N-dealkylation sites (tertiary alicyclic amines) is 1. The average molecular weight is 876 g/mol. The molecule has 3 atom stereocenters. The highest BCUT2D eigenvalue weighted by Gasteiger charge is 2.48. The molecule has 2 bridgehead atoms. The van der Waals surface area contributed by atoms with Crippen LogP contribution in [0, 0.1) is 24.2 Å². The van der Waals surface area contributed by atoms with Gasteiger partial charge in [-0.3, -0.25) is 34.0 Å². The van der Waals surface area contributed by atoms with E-state index in [9.17, 15) is 23.2 Å². The Bertz CT molecular complexity index is 2690. The molecular weight excluding hydrogens is 825 g/mol. The molecule has 1 aromatic carbocycles. The van der Waals surface area contributed by atoms with Crippen molar-refractivity contribution in [1.82, 2.24) is 44.4 Å². The molecule has 1 spiro atoms. The van der Waals surface area contributed by atoms with E-state index < -0.39 is 24.1 Å². The standard InChI is InChI=1S/C46H51F2N11O5/c1-27-40-28(4-2-6-36(40)59(53-27)37-11-12-39(60)52-45(37)62)5-3-19-63-32-9-7-29(8-10-32)55-25-46(26-55)16-13-30(14-17-46)58-23-35(41(54-58)42(47)48)50-44(61)34-21-49-57-18-15-38(51-43(34)57)56-22-33-20-31(56)24-64-33/h2,4,6,15,18,21,23,29-33,37,42H,7-14,16-17,19-20,22,24-26H2,1H3,(H,50,61)(H,52,60,62)/t29?,31-,32?,33-,37?/m1/s1. The third-order valence-corrected chi connectivity index (χ3v) is 14.7. The maximum Gasteiger partial charge on any atom is 0.284 e. The number of fused-ring (bicyclic) bond motifs is 4. The van der Waals surface area contributed by atoms with Crippen molar-refractivity contribution < 1.29 is 32.6 Å². The molecular formula is C46H51F2N11O5. The first-order valence-electron chi connectivity index (χ1n) is 22.7. The van der Waals surface area contributed by atoms with Crippen LogP contribution in [0.2, 0.25) is 0 Å². The first-order valence-corrected chi connectivity index (χ1v) is 22.7. The number of imide groups is 1. The lowest BCUT2D eigenvalue weighted by Gasteiger charge is -2.57. The zero-order valence-corrected chi connectivity index (χ0v) is 35.7. The van der Waals surface area contributed by atoms with Crippen LogP contribution in [0.25, 0.3) is 16.6 Å². The van der Waals surface area contributed by atoms with E-state index in [0.717, 1.165) is 105 Å². The monoisotopic (exact) mass is 875 g/mol. The third-order valence-electron chi connectivity index (χ3n) is 14.7. The number of rotatable bonds is 9. The molecule has 2 N–H and O–H groups in total. The van der Waals surface area contributed by atoms with Gasteiger partial charge in [-0.05, 0) is 94.7 Å². The molecule has 11 rings (SSSR count). The minimum absolute atomic E-state index is 0.00995. The Morgan fingerprint density at radius 2 is 1.88 bits per heavy atom. The van der Waals surface area contributed by atoms with Crippen LogP contribution in [0.3, 0.4) is 0 Å². The summed E-state index contributed by atoms with van der Waals surface area (Å²) in [5, 5.41) is 19.3. The molecule has 2 aliphatic carbocycles. The zero-order chi connectivity index (χ0) is 43.7. The lowest BCUT2D eigenvalue weighted by molar-refractivity contribution is -0.135. The highest BCUT2D eigenvalue weighted by Crippen LogP contribution is 2.49. The molecule has 3 amide bonds. The largest absolute Gasteiger partial charge is 0.374 e. The summed E-state index contributed by atoms with van der Waals surface area (Å²) in [5.74, 6) is 6.09. The summed E-state index contributed by atoms with van der Waals surface area (Å²) in [6.45, 7) is 5.74. The molecule has 4 saturated heterocycles. The number of carbonyl (C=O) groups excluding carboxylic acids is 3. The molecule has 334 valence electrons. The van der Waals surface area contributed by atoms with Crippen LogP contribution < -0.4 is 15.5 Å². The minimum Gasteiger partial charge on any atom is -0.374 e. The van der Waals surface area contributed by atoms with E-state index in [-0.39, 0.29) is 59.2 Å². The van der Waals surface area contributed by atoms with Crippen molar-refractivity contribution in [1.29, 1.82) is 0 Å². The van der Waals surface area contributed by atoms with E-state index in [2.05, 4.69) is 47.6 Å². The average Bonchev–Trinajstić information content (AvgIpc) is 4.14. The van der Waals surface area contributed by atoms with Crippen molar-refractivity contribution in [3.63, 3.8) is 0 Å². The van der Waals surface area contributed by atoms with Crippen molar-refractivity contribution in [3.8, 4) is 11.8 Å². The fourth-order valence-electron chi connectivity index (χ4n) is 11.3. The smallest absolute Gasteiger partial charge is 0.284 e. The van der Waals surface area contributed by atoms with Crippen LogP contribution >= 0.6 is 0 Å². The van der Waals surface area contributed by atoms with Crippen molar-refractivity contribution >= 4 is 45.8 Å². The van der Waals surface area contributed by atoms with Crippen molar-refractivity contribution in [2.45, 2.75) is 120 Å². The molecule has 5 aromatic rings. The van der Waals surface area contributed by atoms with Gasteiger partial charge < -0.3 is 19.7 Å². The van der Waals surface area contributed by atoms with Gasteiger partial charge in [-0.2, -0.15) is 15.3 Å². The predicted molar refractivity (Wildman–Crippen MR) is 230 cm³/mol. The Labute approximate surface area is 368 Å². The number of carbonyl (C=O) groups is 3. The van der Waals surface area contributed by atoms with Crippen molar-refractivity contribution in [3.05, 3.63) is 65.4 Å². The van der Waals surface area contributed by atoms with E-state index >= 15 is 0 Å².